The Balaban J connectivity index is 2.04. The van der Waals surface area contributed by atoms with Crippen LogP contribution in [-0.2, 0) is 14.8 Å². The quantitative estimate of drug-likeness (QED) is 0.736. The third kappa shape index (κ3) is 5.21. The second-order valence-corrected chi connectivity index (χ2v) is 7.18. The highest BCUT2D eigenvalue weighted by molar-refractivity contribution is 7.89. The molecule has 0 saturated carbocycles. The number of carbonyl (C=O) groups excluding carboxylic acids is 1. The lowest BCUT2D eigenvalue weighted by Gasteiger charge is -2.15. The Kier molecular flexibility index (Phi) is 6.59. The molecule has 0 unspecified atom stereocenters. The number of carbonyl (C=O) groups is 1. The van der Waals surface area contributed by atoms with Crippen molar-refractivity contribution in [3.8, 4) is 11.5 Å². The molecule has 26 heavy (non-hydrogen) atoms. The van der Waals surface area contributed by atoms with E-state index in [0.717, 1.165) is 0 Å². The molecule has 2 aromatic rings. The van der Waals surface area contributed by atoms with Crippen molar-refractivity contribution in [2.24, 2.45) is 0 Å². The number of hydrogen-bond acceptors (Lipinski definition) is 5. The van der Waals surface area contributed by atoms with Gasteiger partial charge in [0.2, 0.25) is 15.9 Å². The molecule has 1 atom stereocenters. The Labute approximate surface area is 153 Å². The highest BCUT2D eigenvalue weighted by Crippen LogP contribution is 2.18. The Morgan fingerprint density at radius 3 is 2.42 bits per heavy atom. The van der Waals surface area contributed by atoms with Gasteiger partial charge < -0.3 is 14.8 Å². The zero-order chi connectivity index (χ0) is 19.2. The largest absolute Gasteiger partial charge is 0.497 e. The molecule has 0 bridgehead atoms. The van der Waals surface area contributed by atoms with Gasteiger partial charge >= 0.3 is 0 Å². The molecule has 140 valence electrons. The molecule has 0 aliphatic heterocycles. The fraction of sp³-hybridized carbons (Fsp3) is 0.278. The van der Waals surface area contributed by atoms with Gasteiger partial charge in [0.05, 0.1) is 24.7 Å². The van der Waals surface area contributed by atoms with Crippen molar-refractivity contribution >= 4 is 21.6 Å². The molecule has 0 spiro atoms. The molecule has 0 aliphatic rings. The van der Waals surface area contributed by atoms with E-state index in [-0.39, 0.29) is 4.90 Å². The maximum absolute atomic E-state index is 12.4. The summed E-state index contributed by atoms with van der Waals surface area (Å²) in [6, 6.07) is 11.8. The molecular weight excluding hydrogens is 356 g/mol. The van der Waals surface area contributed by atoms with Crippen LogP contribution in [0.2, 0.25) is 0 Å². The third-order valence-corrected chi connectivity index (χ3v) is 5.06. The summed E-state index contributed by atoms with van der Waals surface area (Å²) in [6.07, 6.45) is 0. The molecule has 0 saturated heterocycles. The van der Waals surface area contributed by atoms with Crippen molar-refractivity contribution in [3.63, 3.8) is 0 Å². The predicted molar refractivity (Wildman–Crippen MR) is 99.0 cm³/mol. The van der Waals surface area contributed by atoms with E-state index in [1.54, 1.807) is 36.4 Å². The number of rotatable bonds is 8. The first-order chi connectivity index (χ1) is 12.4. The van der Waals surface area contributed by atoms with E-state index < -0.39 is 22.0 Å². The summed E-state index contributed by atoms with van der Waals surface area (Å²) in [5, 5.41) is 2.65. The predicted octanol–water partition coefficient (Wildman–Crippen LogP) is 2.40. The van der Waals surface area contributed by atoms with Crippen LogP contribution in [-0.4, -0.2) is 34.1 Å². The third-order valence-electron chi connectivity index (χ3n) is 3.51. The normalized spacial score (nSPS) is 12.3. The van der Waals surface area contributed by atoms with E-state index in [2.05, 4.69) is 10.0 Å². The Hall–Kier alpha value is -2.58. The number of ether oxygens (including phenoxy) is 2. The summed E-state index contributed by atoms with van der Waals surface area (Å²) in [4.78, 5) is 12.3. The minimum absolute atomic E-state index is 0.0574. The summed E-state index contributed by atoms with van der Waals surface area (Å²) in [5.41, 5.74) is 0.515. The van der Waals surface area contributed by atoms with Gasteiger partial charge in [0.1, 0.15) is 11.5 Å². The first-order valence-corrected chi connectivity index (χ1v) is 9.54. The number of nitrogens with one attached hydrogen (secondary N) is 2. The molecule has 8 heteroatoms. The van der Waals surface area contributed by atoms with E-state index in [9.17, 15) is 13.2 Å². The fourth-order valence-electron chi connectivity index (χ4n) is 2.19. The lowest BCUT2D eigenvalue weighted by Crippen LogP contribution is -2.41. The van der Waals surface area contributed by atoms with Gasteiger partial charge in [-0.2, -0.15) is 4.72 Å². The molecule has 0 fully saturated rings. The van der Waals surface area contributed by atoms with E-state index in [1.165, 1.54) is 26.2 Å². The van der Waals surface area contributed by atoms with Gasteiger partial charge in [-0.1, -0.05) is 6.07 Å². The molecule has 2 rings (SSSR count). The van der Waals surface area contributed by atoms with Crippen LogP contribution in [0.5, 0.6) is 11.5 Å². The highest BCUT2D eigenvalue weighted by Gasteiger charge is 2.22. The summed E-state index contributed by atoms with van der Waals surface area (Å²) < 4.78 is 37.6. The summed E-state index contributed by atoms with van der Waals surface area (Å²) >= 11 is 0. The maximum Gasteiger partial charge on any atom is 0.242 e. The van der Waals surface area contributed by atoms with E-state index in [1.807, 2.05) is 6.92 Å². The molecule has 2 N–H and O–H groups in total. The molecule has 0 radical (unpaired) electrons. The van der Waals surface area contributed by atoms with Crippen molar-refractivity contribution in [1.29, 1.82) is 0 Å². The van der Waals surface area contributed by atoms with Crippen molar-refractivity contribution in [3.05, 3.63) is 48.5 Å². The van der Waals surface area contributed by atoms with Gasteiger partial charge in [0, 0.05) is 11.8 Å². The van der Waals surface area contributed by atoms with Gasteiger partial charge in [0.25, 0.3) is 0 Å². The van der Waals surface area contributed by atoms with Crippen LogP contribution in [0.25, 0.3) is 0 Å². The molecular formula is C18H22N2O5S. The number of anilines is 1. The van der Waals surface area contributed by atoms with Crippen LogP contribution in [0.1, 0.15) is 13.8 Å². The molecule has 0 aliphatic carbocycles. The van der Waals surface area contributed by atoms with Gasteiger partial charge in [-0.15, -0.1) is 0 Å². The van der Waals surface area contributed by atoms with Gasteiger partial charge in [-0.05, 0) is 50.2 Å². The van der Waals surface area contributed by atoms with Crippen molar-refractivity contribution in [2.45, 2.75) is 24.8 Å². The van der Waals surface area contributed by atoms with Gasteiger partial charge in [0.15, 0.2) is 0 Å². The lowest BCUT2D eigenvalue weighted by atomic mass is 10.2. The lowest BCUT2D eigenvalue weighted by molar-refractivity contribution is -0.117. The van der Waals surface area contributed by atoms with Crippen LogP contribution in [0.3, 0.4) is 0 Å². The number of hydrogen-bond donors (Lipinski definition) is 2. The topological polar surface area (TPSA) is 93.7 Å². The minimum Gasteiger partial charge on any atom is -0.497 e. The van der Waals surface area contributed by atoms with Gasteiger partial charge in [-0.25, -0.2) is 8.42 Å². The van der Waals surface area contributed by atoms with E-state index in [4.69, 9.17) is 9.47 Å². The zero-order valence-corrected chi connectivity index (χ0v) is 15.7. The molecule has 1 amide bonds. The maximum atomic E-state index is 12.4. The number of methoxy groups -OCH3 is 1. The molecule has 0 heterocycles. The van der Waals surface area contributed by atoms with Crippen molar-refractivity contribution in [1.82, 2.24) is 4.72 Å². The highest BCUT2D eigenvalue weighted by atomic mass is 32.2. The zero-order valence-electron chi connectivity index (χ0n) is 14.9. The van der Waals surface area contributed by atoms with Crippen LogP contribution < -0.4 is 19.5 Å². The molecule has 0 aromatic heterocycles. The van der Waals surface area contributed by atoms with Gasteiger partial charge in [-0.3, -0.25) is 4.79 Å². The monoisotopic (exact) mass is 378 g/mol. The minimum atomic E-state index is -3.83. The second kappa shape index (κ2) is 8.68. The van der Waals surface area contributed by atoms with E-state index in [0.29, 0.717) is 23.8 Å². The van der Waals surface area contributed by atoms with E-state index >= 15 is 0 Å². The van der Waals surface area contributed by atoms with Crippen LogP contribution in [0, 0.1) is 0 Å². The van der Waals surface area contributed by atoms with Crippen LogP contribution in [0.15, 0.2) is 53.4 Å². The Morgan fingerprint density at radius 2 is 1.81 bits per heavy atom. The molecule has 2 aromatic carbocycles. The number of sulfonamides is 1. The van der Waals surface area contributed by atoms with Crippen molar-refractivity contribution < 1.29 is 22.7 Å². The van der Waals surface area contributed by atoms with Crippen LogP contribution in [0.4, 0.5) is 5.69 Å². The summed E-state index contributed by atoms with van der Waals surface area (Å²) in [7, 11) is -2.31. The summed E-state index contributed by atoms with van der Waals surface area (Å²) in [6.45, 7) is 3.81. The number of benzene rings is 2. The SMILES string of the molecule is CCOc1ccc(S(=O)(=O)N[C@@H](C)C(=O)Nc2cccc(OC)c2)cc1. The number of amides is 1. The average molecular weight is 378 g/mol. The smallest absolute Gasteiger partial charge is 0.242 e. The molecule has 7 nitrogen and oxygen atoms in total. The fourth-order valence-corrected chi connectivity index (χ4v) is 3.39. The standard InChI is InChI=1S/C18H22N2O5S/c1-4-25-15-8-10-17(11-9-15)26(22,23)20-13(2)18(21)19-14-6-5-7-16(12-14)24-3/h5-13,20H,4H2,1-3H3,(H,19,21)/t13-/m0/s1. The first kappa shape index (κ1) is 19.7. The second-order valence-electron chi connectivity index (χ2n) is 5.47. The van der Waals surface area contributed by atoms with Crippen LogP contribution >= 0.6 is 0 Å². The average Bonchev–Trinajstić information content (AvgIpc) is 2.62. The summed E-state index contributed by atoms with van der Waals surface area (Å²) in [5.74, 6) is 0.688. The first-order valence-electron chi connectivity index (χ1n) is 8.06. The Morgan fingerprint density at radius 1 is 1.12 bits per heavy atom. The van der Waals surface area contributed by atoms with Crippen molar-refractivity contribution in [2.75, 3.05) is 19.0 Å². The Bertz CT molecular complexity index is 850.